The predicted molar refractivity (Wildman–Crippen MR) is 78.2 cm³/mol. The molecule has 8 heteroatoms. The molecule has 0 aliphatic heterocycles. The standard InChI is InChI=1S/C13H20N4O3S/c1-9-12(6-14)13(10(2)20-9)21(18,19)16-5-4-11-7-15-17(3)8-11/h7-8,16H,4-6,14H2,1-3H3. The smallest absolute Gasteiger partial charge is 0.244 e. The fraction of sp³-hybridized carbons (Fsp3) is 0.462. The van der Waals surface area contributed by atoms with Crippen molar-refractivity contribution in [3.05, 3.63) is 35.0 Å². The van der Waals surface area contributed by atoms with E-state index in [0.29, 0.717) is 30.0 Å². The van der Waals surface area contributed by atoms with Gasteiger partial charge in [-0.25, -0.2) is 13.1 Å². The molecule has 0 saturated carbocycles. The monoisotopic (exact) mass is 312 g/mol. The van der Waals surface area contributed by atoms with Crippen LogP contribution in [0.25, 0.3) is 0 Å². The molecule has 0 unspecified atom stereocenters. The average Bonchev–Trinajstić information content (AvgIpc) is 2.92. The molecule has 0 spiro atoms. The second-order valence-corrected chi connectivity index (χ2v) is 6.60. The maximum absolute atomic E-state index is 12.4. The molecule has 0 saturated heterocycles. The molecule has 21 heavy (non-hydrogen) atoms. The van der Waals surface area contributed by atoms with Crippen LogP contribution in [-0.2, 0) is 30.0 Å². The fourth-order valence-electron chi connectivity index (χ4n) is 2.30. The van der Waals surface area contributed by atoms with Gasteiger partial charge in [0.1, 0.15) is 16.4 Å². The molecule has 3 N–H and O–H groups in total. The van der Waals surface area contributed by atoms with Gasteiger partial charge in [-0.2, -0.15) is 5.10 Å². The Bertz CT molecular complexity index is 731. The van der Waals surface area contributed by atoms with Crippen LogP contribution in [0.5, 0.6) is 0 Å². The van der Waals surface area contributed by atoms with E-state index in [0.717, 1.165) is 5.56 Å². The molecule has 0 aliphatic rings. The first-order valence-corrected chi connectivity index (χ1v) is 8.09. The van der Waals surface area contributed by atoms with Crippen LogP contribution in [0.2, 0.25) is 0 Å². The van der Waals surface area contributed by atoms with E-state index in [9.17, 15) is 8.42 Å². The highest BCUT2D eigenvalue weighted by molar-refractivity contribution is 7.89. The highest BCUT2D eigenvalue weighted by Gasteiger charge is 2.25. The molecular weight excluding hydrogens is 292 g/mol. The van der Waals surface area contributed by atoms with Crippen LogP contribution in [0.4, 0.5) is 0 Å². The van der Waals surface area contributed by atoms with E-state index in [4.69, 9.17) is 10.2 Å². The lowest BCUT2D eigenvalue weighted by Crippen LogP contribution is -2.27. The Morgan fingerprint density at radius 2 is 2.10 bits per heavy atom. The Hall–Kier alpha value is -1.64. The van der Waals surface area contributed by atoms with E-state index in [-0.39, 0.29) is 11.4 Å². The second kappa shape index (κ2) is 6.00. The summed E-state index contributed by atoms with van der Waals surface area (Å²) in [5.74, 6) is 0.907. The summed E-state index contributed by atoms with van der Waals surface area (Å²) in [6.07, 6.45) is 4.14. The van der Waals surface area contributed by atoms with E-state index in [1.807, 2.05) is 13.2 Å². The summed E-state index contributed by atoms with van der Waals surface area (Å²) < 4.78 is 34.4. The summed E-state index contributed by atoms with van der Waals surface area (Å²) in [5.41, 5.74) is 7.12. The topological polar surface area (TPSA) is 103 Å². The number of aromatic nitrogens is 2. The van der Waals surface area contributed by atoms with Gasteiger partial charge in [-0.15, -0.1) is 0 Å². The summed E-state index contributed by atoms with van der Waals surface area (Å²) in [5, 5.41) is 4.04. The van der Waals surface area contributed by atoms with Crippen molar-refractivity contribution >= 4 is 10.0 Å². The average molecular weight is 312 g/mol. The second-order valence-electron chi connectivity index (χ2n) is 4.90. The van der Waals surface area contributed by atoms with Crippen LogP contribution in [-0.4, -0.2) is 24.7 Å². The molecule has 2 rings (SSSR count). The van der Waals surface area contributed by atoms with Crippen LogP contribution >= 0.6 is 0 Å². The van der Waals surface area contributed by atoms with Gasteiger partial charge < -0.3 is 10.2 Å². The third-order valence-electron chi connectivity index (χ3n) is 3.26. The molecule has 2 aromatic heterocycles. The zero-order valence-corrected chi connectivity index (χ0v) is 13.2. The van der Waals surface area contributed by atoms with Gasteiger partial charge >= 0.3 is 0 Å². The highest BCUT2D eigenvalue weighted by atomic mass is 32.2. The Morgan fingerprint density at radius 1 is 1.38 bits per heavy atom. The van der Waals surface area contributed by atoms with Gasteiger partial charge in [0.05, 0.1) is 6.20 Å². The number of sulfonamides is 1. The minimum Gasteiger partial charge on any atom is -0.465 e. The molecule has 0 atom stereocenters. The fourth-order valence-corrected chi connectivity index (χ4v) is 3.79. The first-order valence-electron chi connectivity index (χ1n) is 6.61. The SMILES string of the molecule is Cc1oc(C)c(S(=O)(=O)NCCc2cnn(C)c2)c1CN. The van der Waals surface area contributed by atoms with Crippen molar-refractivity contribution in [1.82, 2.24) is 14.5 Å². The van der Waals surface area contributed by atoms with E-state index in [2.05, 4.69) is 9.82 Å². The number of nitrogens with zero attached hydrogens (tertiary/aromatic N) is 2. The first-order chi connectivity index (χ1) is 9.85. The van der Waals surface area contributed by atoms with Crippen molar-refractivity contribution in [3.63, 3.8) is 0 Å². The van der Waals surface area contributed by atoms with Crippen molar-refractivity contribution in [2.75, 3.05) is 6.54 Å². The third kappa shape index (κ3) is 3.34. The number of nitrogens with two attached hydrogens (primary N) is 1. The van der Waals surface area contributed by atoms with Crippen LogP contribution in [0.15, 0.2) is 21.7 Å². The number of rotatable bonds is 6. The van der Waals surface area contributed by atoms with Crippen LogP contribution in [0, 0.1) is 13.8 Å². The normalized spacial score (nSPS) is 12.0. The summed E-state index contributed by atoms with van der Waals surface area (Å²) in [6, 6.07) is 0. The summed E-state index contributed by atoms with van der Waals surface area (Å²) in [7, 11) is -1.81. The molecule has 2 aromatic rings. The lowest BCUT2D eigenvalue weighted by Gasteiger charge is -2.07. The molecule has 0 radical (unpaired) electrons. The zero-order chi connectivity index (χ0) is 15.6. The van der Waals surface area contributed by atoms with Gasteiger partial charge in [0.25, 0.3) is 0 Å². The minimum atomic E-state index is -3.63. The number of furan rings is 1. The molecule has 116 valence electrons. The van der Waals surface area contributed by atoms with Crippen molar-refractivity contribution < 1.29 is 12.8 Å². The molecule has 0 fully saturated rings. The third-order valence-corrected chi connectivity index (χ3v) is 4.92. The Labute approximate surface area is 124 Å². The zero-order valence-electron chi connectivity index (χ0n) is 12.4. The first kappa shape index (κ1) is 15.7. The maximum atomic E-state index is 12.4. The number of hydrogen-bond acceptors (Lipinski definition) is 5. The Balaban J connectivity index is 2.12. The Kier molecular flexibility index (Phi) is 4.50. The van der Waals surface area contributed by atoms with Gasteiger partial charge in [0.15, 0.2) is 0 Å². The number of nitrogens with one attached hydrogen (secondary N) is 1. The van der Waals surface area contributed by atoms with Gasteiger partial charge in [0.2, 0.25) is 10.0 Å². The van der Waals surface area contributed by atoms with Crippen LogP contribution < -0.4 is 10.5 Å². The van der Waals surface area contributed by atoms with Crippen LogP contribution in [0.3, 0.4) is 0 Å². The minimum absolute atomic E-state index is 0.127. The van der Waals surface area contributed by atoms with Gasteiger partial charge in [0, 0.05) is 31.9 Å². The summed E-state index contributed by atoms with van der Waals surface area (Å²) in [6.45, 7) is 3.76. The van der Waals surface area contributed by atoms with Crippen molar-refractivity contribution in [2.45, 2.75) is 31.7 Å². The van der Waals surface area contributed by atoms with Crippen molar-refractivity contribution in [3.8, 4) is 0 Å². The number of aryl methyl sites for hydroxylation is 3. The van der Waals surface area contributed by atoms with Gasteiger partial charge in [-0.3, -0.25) is 4.68 Å². The van der Waals surface area contributed by atoms with Crippen LogP contribution in [0.1, 0.15) is 22.6 Å². The highest BCUT2D eigenvalue weighted by Crippen LogP contribution is 2.25. The molecular formula is C13H20N4O3S. The molecule has 0 bridgehead atoms. The summed E-state index contributed by atoms with van der Waals surface area (Å²) in [4.78, 5) is 0.161. The molecule has 7 nitrogen and oxygen atoms in total. The van der Waals surface area contributed by atoms with E-state index < -0.39 is 10.0 Å². The molecule has 2 heterocycles. The predicted octanol–water partition coefficient (Wildman–Crippen LogP) is 0.610. The molecule has 0 aliphatic carbocycles. The van der Waals surface area contributed by atoms with Crippen molar-refractivity contribution in [1.29, 1.82) is 0 Å². The maximum Gasteiger partial charge on any atom is 0.244 e. The molecule has 0 aromatic carbocycles. The van der Waals surface area contributed by atoms with Gasteiger partial charge in [-0.1, -0.05) is 0 Å². The lowest BCUT2D eigenvalue weighted by molar-refractivity contribution is 0.494. The van der Waals surface area contributed by atoms with E-state index in [1.165, 1.54) is 0 Å². The summed E-state index contributed by atoms with van der Waals surface area (Å²) >= 11 is 0. The van der Waals surface area contributed by atoms with Crippen molar-refractivity contribution in [2.24, 2.45) is 12.8 Å². The number of hydrogen-bond donors (Lipinski definition) is 2. The van der Waals surface area contributed by atoms with E-state index in [1.54, 1.807) is 24.7 Å². The largest absolute Gasteiger partial charge is 0.465 e. The van der Waals surface area contributed by atoms with E-state index >= 15 is 0 Å². The molecule has 0 amide bonds. The quantitative estimate of drug-likeness (QED) is 0.813. The van der Waals surface area contributed by atoms with Gasteiger partial charge in [-0.05, 0) is 25.8 Å². The lowest BCUT2D eigenvalue weighted by atomic mass is 10.2. The Morgan fingerprint density at radius 3 is 2.67 bits per heavy atom.